The molecule has 2 saturated heterocycles. The minimum absolute atomic E-state index is 0.0873. The smallest absolute Gasteiger partial charge is 0.291 e. The quantitative estimate of drug-likeness (QED) is 0.376. The third kappa shape index (κ3) is 4.40. The van der Waals surface area contributed by atoms with Crippen molar-refractivity contribution in [3.8, 4) is 5.75 Å². The van der Waals surface area contributed by atoms with E-state index in [9.17, 15) is 14.4 Å². The lowest BCUT2D eigenvalue weighted by Crippen LogP contribution is -3.14. The largest absolute Gasteiger partial charge is 0.497 e. The van der Waals surface area contributed by atoms with Gasteiger partial charge in [0.05, 0.1) is 39.2 Å². The van der Waals surface area contributed by atoms with Crippen LogP contribution in [0.5, 0.6) is 5.75 Å². The molecule has 8 nitrogen and oxygen atoms in total. The van der Waals surface area contributed by atoms with Crippen molar-refractivity contribution in [1.29, 1.82) is 0 Å². The van der Waals surface area contributed by atoms with E-state index < -0.39 is 29.4 Å². The maximum atomic E-state index is 13.1. The molecule has 2 aliphatic rings. The number of hydrogen-bond acceptors (Lipinski definition) is 6. The molecule has 2 fully saturated rings. The summed E-state index contributed by atoms with van der Waals surface area (Å²) in [5.74, 6) is -2.13. The SMILES string of the molecule is COc1ccc(C2C(C(=O)c3ccco3)C(=O)C(=O)N2CCC[NH+]2CCOCC2)cc1. The Kier molecular flexibility index (Phi) is 6.48. The summed E-state index contributed by atoms with van der Waals surface area (Å²) in [6, 6.07) is 9.61. The molecule has 0 bridgehead atoms. The molecule has 0 spiro atoms. The van der Waals surface area contributed by atoms with Crippen molar-refractivity contribution >= 4 is 17.5 Å². The Labute approximate surface area is 180 Å². The van der Waals surface area contributed by atoms with Gasteiger partial charge in [-0.15, -0.1) is 0 Å². The molecule has 31 heavy (non-hydrogen) atoms. The lowest BCUT2D eigenvalue weighted by molar-refractivity contribution is -0.908. The van der Waals surface area contributed by atoms with Gasteiger partial charge in [-0.05, 0) is 29.8 Å². The fraction of sp³-hybridized carbons (Fsp3) is 0.435. The molecule has 0 radical (unpaired) electrons. The number of rotatable bonds is 8. The summed E-state index contributed by atoms with van der Waals surface area (Å²) in [5, 5.41) is 0. The highest BCUT2D eigenvalue weighted by molar-refractivity contribution is 6.43. The number of quaternary nitrogens is 1. The van der Waals surface area contributed by atoms with E-state index in [1.54, 1.807) is 42.3 Å². The first-order chi connectivity index (χ1) is 15.1. The number of furan rings is 1. The van der Waals surface area contributed by atoms with Gasteiger partial charge in [0.2, 0.25) is 11.6 Å². The second kappa shape index (κ2) is 9.45. The maximum Gasteiger partial charge on any atom is 0.291 e. The van der Waals surface area contributed by atoms with Gasteiger partial charge in [0.25, 0.3) is 5.91 Å². The second-order valence-electron chi connectivity index (χ2n) is 7.87. The van der Waals surface area contributed by atoms with Crippen LogP contribution in [0.2, 0.25) is 0 Å². The molecule has 1 aromatic heterocycles. The van der Waals surface area contributed by atoms with E-state index >= 15 is 0 Å². The van der Waals surface area contributed by atoms with Gasteiger partial charge in [-0.25, -0.2) is 0 Å². The monoisotopic (exact) mass is 427 g/mol. The van der Waals surface area contributed by atoms with E-state index in [1.807, 2.05) is 0 Å². The van der Waals surface area contributed by atoms with Crippen molar-refractivity contribution in [2.24, 2.45) is 5.92 Å². The molecule has 4 rings (SSSR count). The molecule has 2 aliphatic heterocycles. The normalized spacial score (nSPS) is 22.2. The summed E-state index contributed by atoms with van der Waals surface area (Å²) in [4.78, 5) is 41.9. The molecule has 164 valence electrons. The van der Waals surface area contributed by atoms with E-state index in [4.69, 9.17) is 13.9 Å². The van der Waals surface area contributed by atoms with Crippen LogP contribution in [0.15, 0.2) is 47.1 Å². The van der Waals surface area contributed by atoms with Crippen molar-refractivity contribution in [3.63, 3.8) is 0 Å². The zero-order valence-corrected chi connectivity index (χ0v) is 17.5. The highest BCUT2D eigenvalue weighted by atomic mass is 16.5. The van der Waals surface area contributed by atoms with E-state index in [0.29, 0.717) is 12.3 Å². The van der Waals surface area contributed by atoms with Crippen LogP contribution in [0, 0.1) is 5.92 Å². The number of ether oxygens (including phenoxy) is 2. The van der Waals surface area contributed by atoms with E-state index in [0.717, 1.165) is 44.8 Å². The average molecular weight is 427 g/mol. The van der Waals surface area contributed by atoms with Crippen LogP contribution >= 0.6 is 0 Å². The van der Waals surface area contributed by atoms with Gasteiger partial charge in [0, 0.05) is 13.0 Å². The molecule has 2 atom stereocenters. The van der Waals surface area contributed by atoms with Gasteiger partial charge >= 0.3 is 0 Å². The number of hydrogen-bond donors (Lipinski definition) is 1. The molecular formula is C23H27N2O6+. The first-order valence-electron chi connectivity index (χ1n) is 10.6. The highest BCUT2D eigenvalue weighted by Crippen LogP contribution is 2.38. The molecule has 2 unspecified atom stereocenters. The van der Waals surface area contributed by atoms with Gasteiger partial charge in [-0.1, -0.05) is 12.1 Å². The molecule has 1 aromatic carbocycles. The van der Waals surface area contributed by atoms with Crippen LogP contribution in [0.4, 0.5) is 0 Å². The number of nitrogens with zero attached hydrogens (tertiary/aromatic N) is 1. The summed E-state index contributed by atoms with van der Waals surface area (Å²) in [5.41, 5.74) is 0.726. The number of carbonyl (C=O) groups excluding carboxylic acids is 3. The molecule has 8 heteroatoms. The van der Waals surface area contributed by atoms with E-state index in [-0.39, 0.29) is 5.76 Å². The molecule has 2 aromatic rings. The number of benzene rings is 1. The lowest BCUT2D eigenvalue weighted by Gasteiger charge is -2.28. The number of morpholine rings is 1. The van der Waals surface area contributed by atoms with Crippen LogP contribution in [-0.4, -0.2) is 68.9 Å². The number of nitrogens with one attached hydrogen (secondary N) is 1. The van der Waals surface area contributed by atoms with Crippen molar-refractivity contribution < 1.29 is 33.2 Å². The Morgan fingerprint density at radius 1 is 1.16 bits per heavy atom. The maximum absolute atomic E-state index is 13.1. The molecule has 3 heterocycles. The van der Waals surface area contributed by atoms with Gasteiger partial charge < -0.3 is 23.7 Å². The number of Topliss-reactive ketones (excluding diaryl/α,β-unsaturated/α-hetero) is 2. The van der Waals surface area contributed by atoms with Gasteiger partial charge in [0.1, 0.15) is 24.8 Å². The Morgan fingerprint density at radius 3 is 2.55 bits per heavy atom. The minimum Gasteiger partial charge on any atom is -0.497 e. The van der Waals surface area contributed by atoms with Crippen LogP contribution in [0.1, 0.15) is 28.6 Å². The minimum atomic E-state index is -1.12. The van der Waals surface area contributed by atoms with Crippen molar-refractivity contribution in [1.82, 2.24) is 4.90 Å². The molecule has 1 amide bonds. The first kappa shape index (κ1) is 21.3. The highest BCUT2D eigenvalue weighted by Gasteiger charge is 2.52. The summed E-state index contributed by atoms with van der Waals surface area (Å²) >= 11 is 0. The average Bonchev–Trinajstić information content (AvgIpc) is 3.43. The Balaban J connectivity index is 1.58. The van der Waals surface area contributed by atoms with Gasteiger partial charge in [-0.3, -0.25) is 14.4 Å². The number of methoxy groups -OCH3 is 1. The number of carbonyl (C=O) groups is 3. The summed E-state index contributed by atoms with van der Waals surface area (Å²) in [6.07, 6.45) is 2.13. The lowest BCUT2D eigenvalue weighted by atomic mass is 9.88. The van der Waals surface area contributed by atoms with Gasteiger partial charge in [-0.2, -0.15) is 0 Å². The first-order valence-corrected chi connectivity index (χ1v) is 10.6. The number of likely N-dealkylation sites (tertiary alicyclic amines) is 1. The summed E-state index contributed by atoms with van der Waals surface area (Å²) in [7, 11) is 1.57. The van der Waals surface area contributed by atoms with E-state index in [2.05, 4.69) is 0 Å². The van der Waals surface area contributed by atoms with Crippen LogP contribution in [-0.2, 0) is 14.3 Å². The topological polar surface area (TPSA) is 90.5 Å². The molecular weight excluding hydrogens is 400 g/mol. The Morgan fingerprint density at radius 2 is 1.90 bits per heavy atom. The predicted octanol–water partition coefficient (Wildman–Crippen LogP) is 0.545. The molecule has 0 aliphatic carbocycles. The summed E-state index contributed by atoms with van der Waals surface area (Å²) < 4.78 is 15.9. The van der Waals surface area contributed by atoms with Crippen LogP contribution in [0.3, 0.4) is 0 Å². The zero-order valence-electron chi connectivity index (χ0n) is 17.5. The van der Waals surface area contributed by atoms with Crippen molar-refractivity contribution in [2.75, 3.05) is 46.5 Å². The van der Waals surface area contributed by atoms with Gasteiger partial charge in [0.15, 0.2) is 5.76 Å². The molecule has 0 saturated carbocycles. The fourth-order valence-corrected chi connectivity index (χ4v) is 4.38. The van der Waals surface area contributed by atoms with Crippen molar-refractivity contribution in [3.05, 3.63) is 54.0 Å². The third-order valence-corrected chi connectivity index (χ3v) is 6.04. The summed E-state index contributed by atoms with van der Waals surface area (Å²) in [6.45, 7) is 4.65. The van der Waals surface area contributed by atoms with E-state index in [1.165, 1.54) is 17.2 Å². The molecule has 1 N–H and O–H groups in total. The fourth-order valence-electron chi connectivity index (χ4n) is 4.38. The predicted molar refractivity (Wildman–Crippen MR) is 110 cm³/mol. The second-order valence-corrected chi connectivity index (χ2v) is 7.87. The van der Waals surface area contributed by atoms with Crippen LogP contribution in [0.25, 0.3) is 0 Å². The van der Waals surface area contributed by atoms with Crippen LogP contribution < -0.4 is 9.64 Å². The Hall–Kier alpha value is -2.97. The standard InChI is InChI=1S/C23H26N2O6/c1-29-17-7-5-16(6-8-17)20-19(21(26)18-4-2-13-31-18)22(27)23(28)25(20)10-3-9-24-11-14-30-15-12-24/h2,4-8,13,19-20H,3,9-12,14-15H2,1H3/p+1. The Bertz CT molecular complexity index is 918. The number of ketones is 2. The van der Waals surface area contributed by atoms with Crippen molar-refractivity contribution in [2.45, 2.75) is 12.5 Å². The number of amides is 1. The third-order valence-electron chi connectivity index (χ3n) is 6.04. The zero-order chi connectivity index (χ0) is 21.8.